The summed E-state index contributed by atoms with van der Waals surface area (Å²) in [5.41, 5.74) is 3.78. The van der Waals surface area contributed by atoms with E-state index in [1.54, 1.807) is 25.4 Å². The Labute approximate surface area is 99.9 Å². The van der Waals surface area contributed by atoms with E-state index < -0.39 is 0 Å². The molecule has 1 aromatic heterocycles. The molecule has 88 valence electrons. The molecule has 0 aliphatic rings. The third-order valence-corrected chi connectivity index (χ3v) is 2.67. The van der Waals surface area contributed by atoms with E-state index >= 15 is 0 Å². The lowest BCUT2D eigenvalue weighted by Gasteiger charge is -2.12. The monoisotopic (exact) mass is 230 g/mol. The molecule has 1 heterocycles. The van der Waals surface area contributed by atoms with E-state index in [4.69, 9.17) is 4.74 Å². The Balaban J connectivity index is 2.68. The van der Waals surface area contributed by atoms with Gasteiger partial charge in [-0.05, 0) is 31.5 Å². The summed E-state index contributed by atoms with van der Waals surface area (Å²) in [7, 11) is 1.58. The third-order valence-electron chi connectivity index (χ3n) is 2.67. The van der Waals surface area contributed by atoms with Gasteiger partial charge in [-0.1, -0.05) is 0 Å². The van der Waals surface area contributed by atoms with Gasteiger partial charge in [0.05, 0.1) is 19.0 Å². The molecule has 0 spiro atoms. The van der Waals surface area contributed by atoms with Gasteiger partial charge in [0, 0.05) is 17.2 Å². The molecule has 17 heavy (non-hydrogen) atoms. The second-order valence-corrected chi connectivity index (χ2v) is 3.87. The van der Waals surface area contributed by atoms with Crippen LogP contribution >= 0.6 is 0 Å². The molecule has 0 fully saturated rings. The summed E-state index contributed by atoms with van der Waals surface area (Å²) in [6.07, 6.45) is 1.72. The molecule has 0 radical (unpaired) electrons. The van der Waals surface area contributed by atoms with Crippen LogP contribution in [-0.4, -0.2) is 22.4 Å². The van der Waals surface area contributed by atoms with Crippen LogP contribution in [0.4, 0.5) is 0 Å². The Bertz CT molecular complexity index is 533. The maximum atomic E-state index is 9.45. The molecular weight excluding hydrogens is 216 g/mol. The molecule has 2 aromatic rings. The fourth-order valence-electron chi connectivity index (χ4n) is 1.90. The standard InChI is InChI=1S/C13H14N2O2/c1-8-7-14-15-9(2)13(8)11-5-4-10(16)6-12(11)17-3/h4-7,16H,1-3H3. The normalized spacial score (nSPS) is 10.3. The molecular formula is C13H14N2O2. The van der Waals surface area contributed by atoms with Gasteiger partial charge >= 0.3 is 0 Å². The van der Waals surface area contributed by atoms with Crippen molar-refractivity contribution < 1.29 is 9.84 Å². The SMILES string of the molecule is COc1cc(O)ccc1-c1c(C)cnnc1C. The van der Waals surface area contributed by atoms with Gasteiger partial charge in [-0.15, -0.1) is 0 Å². The Morgan fingerprint density at radius 2 is 2.00 bits per heavy atom. The highest BCUT2D eigenvalue weighted by Gasteiger charge is 2.12. The van der Waals surface area contributed by atoms with E-state index in [0.29, 0.717) is 5.75 Å². The van der Waals surface area contributed by atoms with Gasteiger partial charge in [-0.2, -0.15) is 10.2 Å². The lowest BCUT2D eigenvalue weighted by Crippen LogP contribution is -1.96. The first-order valence-corrected chi connectivity index (χ1v) is 5.29. The number of phenols is 1. The van der Waals surface area contributed by atoms with Crippen molar-refractivity contribution >= 4 is 0 Å². The molecule has 0 aliphatic heterocycles. The summed E-state index contributed by atoms with van der Waals surface area (Å²) in [6, 6.07) is 5.05. The Kier molecular flexibility index (Phi) is 2.95. The average Bonchev–Trinajstić information content (AvgIpc) is 2.30. The van der Waals surface area contributed by atoms with Crippen LogP contribution in [0, 0.1) is 13.8 Å². The van der Waals surface area contributed by atoms with Crippen molar-refractivity contribution in [1.82, 2.24) is 10.2 Å². The number of benzene rings is 1. The molecule has 1 aromatic carbocycles. The predicted octanol–water partition coefficient (Wildman–Crippen LogP) is 2.47. The summed E-state index contributed by atoms with van der Waals surface area (Å²) in [4.78, 5) is 0. The van der Waals surface area contributed by atoms with Gasteiger partial charge in [-0.3, -0.25) is 0 Å². The van der Waals surface area contributed by atoms with Crippen molar-refractivity contribution in [2.75, 3.05) is 7.11 Å². The Morgan fingerprint density at radius 1 is 1.24 bits per heavy atom. The summed E-state index contributed by atoms with van der Waals surface area (Å²) >= 11 is 0. The summed E-state index contributed by atoms with van der Waals surface area (Å²) in [5, 5.41) is 17.4. The highest BCUT2D eigenvalue weighted by Crippen LogP contribution is 2.35. The Hall–Kier alpha value is -2.10. The lowest BCUT2D eigenvalue weighted by molar-refractivity contribution is 0.409. The lowest BCUT2D eigenvalue weighted by atomic mass is 10.00. The molecule has 0 amide bonds. The molecule has 0 unspecified atom stereocenters. The van der Waals surface area contributed by atoms with Crippen molar-refractivity contribution in [2.24, 2.45) is 0 Å². The maximum absolute atomic E-state index is 9.45. The van der Waals surface area contributed by atoms with Crippen LogP contribution in [0.1, 0.15) is 11.3 Å². The van der Waals surface area contributed by atoms with Crippen molar-refractivity contribution in [2.45, 2.75) is 13.8 Å². The number of aromatic hydroxyl groups is 1. The number of hydrogen-bond acceptors (Lipinski definition) is 4. The number of nitrogens with zero attached hydrogens (tertiary/aromatic N) is 2. The first-order chi connectivity index (χ1) is 8.13. The number of methoxy groups -OCH3 is 1. The molecule has 0 saturated carbocycles. The van der Waals surface area contributed by atoms with Crippen LogP contribution < -0.4 is 4.74 Å². The molecule has 1 N–H and O–H groups in total. The van der Waals surface area contributed by atoms with Gasteiger partial charge in [0.2, 0.25) is 0 Å². The van der Waals surface area contributed by atoms with Gasteiger partial charge in [0.25, 0.3) is 0 Å². The molecule has 0 saturated heterocycles. The van der Waals surface area contributed by atoms with Crippen LogP contribution in [-0.2, 0) is 0 Å². The van der Waals surface area contributed by atoms with Crippen molar-refractivity contribution in [1.29, 1.82) is 0 Å². The van der Waals surface area contributed by atoms with Crippen LogP contribution in [0.5, 0.6) is 11.5 Å². The van der Waals surface area contributed by atoms with E-state index in [0.717, 1.165) is 22.4 Å². The molecule has 0 aliphatic carbocycles. The molecule has 0 atom stereocenters. The van der Waals surface area contributed by atoms with Crippen LogP contribution in [0.3, 0.4) is 0 Å². The molecule has 0 bridgehead atoms. The van der Waals surface area contributed by atoms with Gasteiger partial charge in [-0.25, -0.2) is 0 Å². The minimum atomic E-state index is 0.183. The first-order valence-electron chi connectivity index (χ1n) is 5.29. The number of hydrogen-bond donors (Lipinski definition) is 1. The minimum Gasteiger partial charge on any atom is -0.508 e. The molecule has 2 rings (SSSR count). The average molecular weight is 230 g/mol. The highest BCUT2D eigenvalue weighted by molar-refractivity contribution is 5.75. The molecule has 4 heteroatoms. The number of rotatable bonds is 2. The maximum Gasteiger partial charge on any atom is 0.130 e. The molecule has 4 nitrogen and oxygen atoms in total. The van der Waals surface area contributed by atoms with E-state index in [-0.39, 0.29) is 5.75 Å². The summed E-state index contributed by atoms with van der Waals surface area (Å²) in [6.45, 7) is 3.88. The van der Waals surface area contributed by atoms with E-state index in [2.05, 4.69) is 10.2 Å². The topological polar surface area (TPSA) is 55.2 Å². The summed E-state index contributed by atoms with van der Waals surface area (Å²) < 4.78 is 5.28. The van der Waals surface area contributed by atoms with Gasteiger partial charge < -0.3 is 9.84 Å². The van der Waals surface area contributed by atoms with Crippen molar-refractivity contribution in [3.05, 3.63) is 35.7 Å². The van der Waals surface area contributed by atoms with Crippen molar-refractivity contribution in [3.63, 3.8) is 0 Å². The van der Waals surface area contributed by atoms with Crippen LogP contribution in [0.25, 0.3) is 11.1 Å². The fraction of sp³-hybridized carbons (Fsp3) is 0.231. The second kappa shape index (κ2) is 4.41. The first kappa shape index (κ1) is 11.4. The Morgan fingerprint density at radius 3 is 2.65 bits per heavy atom. The highest BCUT2D eigenvalue weighted by atomic mass is 16.5. The van der Waals surface area contributed by atoms with E-state index in [1.165, 1.54) is 0 Å². The van der Waals surface area contributed by atoms with Crippen molar-refractivity contribution in [3.8, 4) is 22.6 Å². The largest absolute Gasteiger partial charge is 0.508 e. The van der Waals surface area contributed by atoms with Gasteiger partial charge in [0.15, 0.2) is 0 Å². The smallest absolute Gasteiger partial charge is 0.130 e. The number of aromatic nitrogens is 2. The number of ether oxygens (including phenoxy) is 1. The third kappa shape index (κ3) is 2.06. The number of aryl methyl sites for hydroxylation is 2. The van der Waals surface area contributed by atoms with E-state index in [1.807, 2.05) is 19.9 Å². The van der Waals surface area contributed by atoms with E-state index in [9.17, 15) is 5.11 Å². The zero-order valence-corrected chi connectivity index (χ0v) is 10.1. The number of phenolic OH excluding ortho intramolecular Hbond substituents is 1. The zero-order valence-electron chi connectivity index (χ0n) is 10.1. The van der Waals surface area contributed by atoms with Gasteiger partial charge in [0.1, 0.15) is 11.5 Å². The summed E-state index contributed by atoms with van der Waals surface area (Å²) in [5.74, 6) is 0.812. The van der Waals surface area contributed by atoms with Crippen LogP contribution in [0.2, 0.25) is 0 Å². The quantitative estimate of drug-likeness (QED) is 0.861. The second-order valence-electron chi connectivity index (χ2n) is 3.87. The zero-order chi connectivity index (χ0) is 12.4. The fourth-order valence-corrected chi connectivity index (χ4v) is 1.90. The minimum absolute atomic E-state index is 0.183. The van der Waals surface area contributed by atoms with Crippen LogP contribution in [0.15, 0.2) is 24.4 Å². The predicted molar refractivity (Wildman–Crippen MR) is 65.2 cm³/mol.